The molecule has 3 heterocycles. The van der Waals surface area contributed by atoms with Crippen LogP contribution in [0.25, 0.3) is 0 Å². The standard InChI is InChI=1S/C48H78O18/c1-43(2)14-16-48(42(59)60)17-15-46(6)22(23(48)18-43)8-9-28-45(5)12-11-29(44(3,4)27(45)10-13-47(28,46)7)65-40-35(56)33(54)31(52)26(64-40)21-61-39-37(58)34(55)38(25(20-50)63-39)66-41-36(57)32(53)30(51)24(19-49)62-41/h8,23-41,49-58H,9-21H2,1-7H3,(H,59,60)/t23-,24+,25+,26+,27-,28+,29-,30+,31+,32-,33-,34+,35+,36+,37+,38+,39+,40-,41+,45-,46+,47+,48-/m0/s1. The molecule has 4 saturated carbocycles. The molecule has 0 spiro atoms. The van der Waals surface area contributed by atoms with E-state index in [9.17, 15) is 61.0 Å². The van der Waals surface area contributed by atoms with Gasteiger partial charge in [-0.2, -0.15) is 0 Å². The van der Waals surface area contributed by atoms with Gasteiger partial charge in [0.1, 0.15) is 73.2 Å². The molecular weight excluding hydrogens is 865 g/mol. The van der Waals surface area contributed by atoms with Gasteiger partial charge in [-0.25, -0.2) is 0 Å². The molecule has 18 heteroatoms. The van der Waals surface area contributed by atoms with Crippen molar-refractivity contribution in [1.82, 2.24) is 0 Å². The summed E-state index contributed by atoms with van der Waals surface area (Å²) in [6.07, 6.45) is -13.8. The molecule has 3 saturated heterocycles. The lowest BCUT2D eigenvalue weighted by molar-refractivity contribution is -0.366. The predicted octanol–water partition coefficient (Wildman–Crippen LogP) is 0.706. The van der Waals surface area contributed by atoms with E-state index in [1.807, 2.05) is 0 Å². The maximum absolute atomic E-state index is 13.1. The van der Waals surface area contributed by atoms with Crippen LogP contribution in [0.5, 0.6) is 0 Å². The van der Waals surface area contributed by atoms with Gasteiger partial charge in [0.05, 0.1) is 31.3 Å². The lowest BCUT2D eigenvalue weighted by Crippen LogP contribution is -2.66. The summed E-state index contributed by atoms with van der Waals surface area (Å²) in [6, 6.07) is 0. The normalized spacial score (nSPS) is 53.3. The Morgan fingerprint density at radius 2 is 1.21 bits per heavy atom. The van der Waals surface area contributed by atoms with Gasteiger partial charge in [-0.05, 0) is 109 Å². The van der Waals surface area contributed by atoms with E-state index in [2.05, 4.69) is 54.5 Å². The van der Waals surface area contributed by atoms with Gasteiger partial charge in [0.2, 0.25) is 0 Å². The van der Waals surface area contributed by atoms with Crippen molar-refractivity contribution in [2.24, 2.45) is 50.2 Å². The highest BCUT2D eigenvalue weighted by Gasteiger charge is 2.70. The quantitative estimate of drug-likeness (QED) is 0.106. The van der Waals surface area contributed by atoms with Crippen LogP contribution in [0.2, 0.25) is 0 Å². The third-order valence-electron chi connectivity index (χ3n) is 19.4. The smallest absolute Gasteiger partial charge is 0.310 e. The summed E-state index contributed by atoms with van der Waals surface area (Å²) in [7, 11) is 0. The molecule has 0 bridgehead atoms. The third-order valence-corrected chi connectivity index (χ3v) is 19.4. The van der Waals surface area contributed by atoms with Crippen molar-refractivity contribution < 1.29 is 89.4 Å². The highest BCUT2D eigenvalue weighted by Crippen LogP contribution is 2.76. The Balaban J connectivity index is 0.933. The Labute approximate surface area is 387 Å². The summed E-state index contributed by atoms with van der Waals surface area (Å²) < 4.78 is 35.3. The van der Waals surface area contributed by atoms with Gasteiger partial charge >= 0.3 is 5.97 Å². The van der Waals surface area contributed by atoms with Crippen LogP contribution < -0.4 is 0 Å². The molecular formula is C48H78O18. The van der Waals surface area contributed by atoms with Crippen molar-refractivity contribution in [2.75, 3.05) is 19.8 Å². The second kappa shape index (κ2) is 18.0. The number of carbonyl (C=O) groups is 1. The van der Waals surface area contributed by atoms with Crippen LogP contribution in [-0.4, -0.2) is 180 Å². The summed E-state index contributed by atoms with van der Waals surface area (Å²) in [5.74, 6) is -0.0578. The van der Waals surface area contributed by atoms with Crippen molar-refractivity contribution in [2.45, 2.75) is 211 Å². The van der Waals surface area contributed by atoms with Gasteiger partial charge in [0.25, 0.3) is 0 Å². The van der Waals surface area contributed by atoms with Crippen molar-refractivity contribution >= 4 is 5.97 Å². The molecule has 3 aliphatic heterocycles. The van der Waals surface area contributed by atoms with Gasteiger partial charge in [-0.15, -0.1) is 0 Å². The maximum Gasteiger partial charge on any atom is 0.310 e. The Morgan fingerprint density at radius 3 is 1.85 bits per heavy atom. The average molecular weight is 943 g/mol. The molecule has 0 aromatic carbocycles. The summed E-state index contributed by atoms with van der Waals surface area (Å²) >= 11 is 0. The van der Waals surface area contributed by atoms with Crippen LogP contribution >= 0.6 is 0 Å². The number of carboxylic acids is 1. The monoisotopic (exact) mass is 943 g/mol. The number of aliphatic carboxylic acids is 1. The molecule has 23 atom stereocenters. The van der Waals surface area contributed by atoms with Crippen LogP contribution in [0.1, 0.15) is 113 Å². The lowest BCUT2D eigenvalue weighted by atomic mass is 9.33. The topological polar surface area (TPSA) is 295 Å². The van der Waals surface area contributed by atoms with E-state index in [1.54, 1.807) is 0 Å². The molecule has 7 fully saturated rings. The molecule has 0 radical (unpaired) electrons. The number of hydrogen-bond donors (Lipinski definition) is 11. The second-order valence-electron chi connectivity index (χ2n) is 23.5. The van der Waals surface area contributed by atoms with Gasteiger partial charge < -0.3 is 84.6 Å². The minimum absolute atomic E-state index is 0.0239. The van der Waals surface area contributed by atoms with E-state index in [1.165, 1.54) is 5.57 Å². The zero-order valence-electron chi connectivity index (χ0n) is 39.5. The van der Waals surface area contributed by atoms with Crippen LogP contribution in [0, 0.1) is 50.2 Å². The molecule has 0 aromatic rings. The SMILES string of the molecule is CC1(C)CC[C@]2(C(=O)O)CC[C@]3(C)C(=CC[C@@H]4[C@@]5(C)CC[C@H](O[C@@H]6O[C@H](CO[C@@H]7O[C@H](CO)[C@@H](O[C@H]8O[C@H](CO)[C@@H](O)[C@H](O)[C@H]8O)[C@H](O)[C@H]7O)[C@@H](O)[C@H](O)[C@H]6O)C(C)(C)[C@@H]5CC[C@]43C)[C@@H]2C1. The number of aliphatic hydroxyl groups is 10. The van der Waals surface area contributed by atoms with E-state index in [-0.39, 0.29) is 33.5 Å². The first-order valence-electron chi connectivity index (χ1n) is 24.3. The molecule has 66 heavy (non-hydrogen) atoms. The first-order chi connectivity index (χ1) is 30.8. The lowest BCUT2D eigenvalue weighted by Gasteiger charge is -2.71. The maximum atomic E-state index is 13.1. The molecule has 11 N–H and O–H groups in total. The second-order valence-corrected chi connectivity index (χ2v) is 23.5. The van der Waals surface area contributed by atoms with Gasteiger partial charge in [-0.3, -0.25) is 4.79 Å². The van der Waals surface area contributed by atoms with E-state index in [4.69, 9.17) is 28.4 Å². The minimum Gasteiger partial charge on any atom is -0.481 e. The molecule has 0 aromatic heterocycles. The fourth-order valence-corrected chi connectivity index (χ4v) is 15.1. The van der Waals surface area contributed by atoms with Crippen LogP contribution in [0.3, 0.4) is 0 Å². The largest absolute Gasteiger partial charge is 0.481 e. The van der Waals surface area contributed by atoms with E-state index >= 15 is 0 Å². The number of ether oxygens (including phenoxy) is 6. The van der Waals surface area contributed by atoms with Crippen LogP contribution in [0.4, 0.5) is 0 Å². The molecule has 0 amide bonds. The molecule has 8 aliphatic rings. The average Bonchev–Trinajstić information content (AvgIpc) is 3.26. The first-order valence-corrected chi connectivity index (χ1v) is 24.3. The van der Waals surface area contributed by atoms with Crippen molar-refractivity contribution in [3.63, 3.8) is 0 Å². The first kappa shape index (κ1) is 50.9. The van der Waals surface area contributed by atoms with Gasteiger partial charge in [0.15, 0.2) is 18.9 Å². The number of fused-ring (bicyclic) bond motifs is 7. The number of aliphatic hydroxyl groups excluding tert-OH is 10. The minimum atomic E-state index is -1.84. The Hall–Kier alpha value is -1.43. The number of hydrogen-bond acceptors (Lipinski definition) is 17. The highest BCUT2D eigenvalue weighted by atomic mass is 16.8. The molecule has 18 nitrogen and oxygen atoms in total. The van der Waals surface area contributed by atoms with E-state index in [0.717, 1.165) is 51.4 Å². The van der Waals surface area contributed by atoms with Crippen molar-refractivity contribution in [1.29, 1.82) is 0 Å². The number of allylic oxidation sites excluding steroid dienone is 2. The molecule has 378 valence electrons. The fraction of sp³-hybridized carbons (Fsp3) is 0.938. The summed E-state index contributed by atoms with van der Waals surface area (Å²) in [6.45, 7) is 14.2. The molecule has 0 unspecified atom stereocenters. The Morgan fingerprint density at radius 1 is 0.636 bits per heavy atom. The van der Waals surface area contributed by atoms with Crippen molar-refractivity contribution in [3.8, 4) is 0 Å². The van der Waals surface area contributed by atoms with Crippen LogP contribution in [-0.2, 0) is 33.2 Å². The zero-order chi connectivity index (χ0) is 48.3. The van der Waals surface area contributed by atoms with Gasteiger partial charge in [0, 0.05) is 0 Å². The van der Waals surface area contributed by atoms with Crippen molar-refractivity contribution in [3.05, 3.63) is 11.6 Å². The van der Waals surface area contributed by atoms with Crippen LogP contribution in [0.15, 0.2) is 11.6 Å². The summed E-state index contributed by atoms with van der Waals surface area (Å²) in [4.78, 5) is 13.1. The molecule has 5 aliphatic carbocycles. The number of carboxylic acid groups (broad SMARTS) is 1. The fourth-order valence-electron chi connectivity index (χ4n) is 15.1. The third kappa shape index (κ3) is 7.96. The van der Waals surface area contributed by atoms with Gasteiger partial charge in [-0.1, -0.05) is 60.1 Å². The summed E-state index contributed by atoms with van der Waals surface area (Å²) in [5, 5.41) is 117. The van der Waals surface area contributed by atoms with E-state index < -0.39 is 135 Å². The predicted molar refractivity (Wildman–Crippen MR) is 231 cm³/mol. The Bertz CT molecular complexity index is 1790. The number of rotatable bonds is 10. The van der Waals surface area contributed by atoms with E-state index in [0.29, 0.717) is 18.8 Å². The molecule has 8 rings (SSSR count). The zero-order valence-corrected chi connectivity index (χ0v) is 39.5. The highest BCUT2D eigenvalue weighted by molar-refractivity contribution is 5.76. The Kier molecular flexibility index (Phi) is 13.9. The summed E-state index contributed by atoms with van der Waals surface area (Å²) in [5.41, 5.74) is 0.0694.